The van der Waals surface area contributed by atoms with Gasteiger partial charge in [-0.15, -0.1) is 0 Å². The van der Waals surface area contributed by atoms with Crippen molar-refractivity contribution in [1.82, 2.24) is 20.5 Å². The molecule has 1 unspecified atom stereocenters. The molecule has 0 aliphatic carbocycles. The van der Waals surface area contributed by atoms with Crippen LogP contribution in [0.5, 0.6) is 0 Å². The Kier molecular flexibility index (Phi) is 5.39. The van der Waals surface area contributed by atoms with Gasteiger partial charge in [0.2, 0.25) is 0 Å². The van der Waals surface area contributed by atoms with Gasteiger partial charge in [-0.05, 0) is 34.9 Å². The predicted molar refractivity (Wildman–Crippen MR) is 112 cm³/mol. The summed E-state index contributed by atoms with van der Waals surface area (Å²) in [6.45, 7) is 2.02. The van der Waals surface area contributed by atoms with Crippen molar-refractivity contribution in [1.29, 1.82) is 0 Å². The Balaban J connectivity index is 1.53. The molecule has 0 saturated carbocycles. The van der Waals surface area contributed by atoms with Crippen LogP contribution in [0.1, 0.15) is 34.5 Å². The van der Waals surface area contributed by atoms with E-state index in [9.17, 15) is 4.79 Å². The maximum Gasteiger partial charge on any atom is 0.252 e. The van der Waals surface area contributed by atoms with E-state index in [1.165, 1.54) is 23.5 Å². The smallest absolute Gasteiger partial charge is 0.252 e. The van der Waals surface area contributed by atoms with Crippen molar-refractivity contribution in [3.63, 3.8) is 0 Å². The van der Waals surface area contributed by atoms with Crippen LogP contribution in [0.4, 0.5) is 0 Å². The van der Waals surface area contributed by atoms with Gasteiger partial charge in [-0.2, -0.15) is 5.10 Å². The molecular formula is C22H20N4OS. The van der Waals surface area contributed by atoms with Crippen molar-refractivity contribution in [2.75, 3.05) is 0 Å². The summed E-state index contributed by atoms with van der Waals surface area (Å²) in [6, 6.07) is 22.0. The number of amides is 1. The molecule has 1 atom stereocenters. The Morgan fingerprint density at radius 1 is 1.07 bits per heavy atom. The van der Waals surface area contributed by atoms with Crippen molar-refractivity contribution in [3.05, 3.63) is 89.7 Å². The summed E-state index contributed by atoms with van der Waals surface area (Å²) in [5.74, 6) is 0.566. The number of rotatable bonds is 6. The highest BCUT2D eigenvalue weighted by molar-refractivity contribution is 7.98. The average molecular weight is 388 g/mol. The number of nitrogens with zero attached hydrogens (tertiary/aromatic N) is 2. The van der Waals surface area contributed by atoms with E-state index in [-0.39, 0.29) is 11.9 Å². The Hall–Kier alpha value is -3.12. The molecule has 28 heavy (non-hydrogen) atoms. The summed E-state index contributed by atoms with van der Waals surface area (Å²) in [6.07, 6.45) is 1.48. The summed E-state index contributed by atoms with van der Waals surface area (Å²) < 4.78 is 0. The van der Waals surface area contributed by atoms with Gasteiger partial charge in [0.05, 0.1) is 6.04 Å². The summed E-state index contributed by atoms with van der Waals surface area (Å²) in [5, 5.41) is 12.9. The van der Waals surface area contributed by atoms with E-state index in [4.69, 9.17) is 0 Å². The van der Waals surface area contributed by atoms with Crippen LogP contribution in [0.3, 0.4) is 0 Å². The van der Waals surface area contributed by atoms with Crippen LogP contribution < -0.4 is 5.32 Å². The zero-order valence-electron chi connectivity index (χ0n) is 15.4. The Bertz CT molecular complexity index is 1090. The Morgan fingerprint density at radius 3 is 2.71 bits per heavy atom. The number of carbonyl (C=O) groups excluding carboxylic acids is 1. The van der Waals surface area contributed by atoms with Crippen molar-refractivity contribution in [2.45, 2.75) is 23.9 Å². The highest BCUT2D eigenvalue weighted by Gasteiger charge is 2.16. The number of benzene rings is 3. The van der Waals surface area contributed by atoms with Crippen LogP contribution in [-0.2, 0) is 5.75 Å². The van der Waals surface area contributed by atoms with E-state index in [1.807, 2.05) is 49.4 Å². The second kappa shape index (κ2) is 8.27. The van der Waals surface area contributed by atoms with Gasteiger partial charge >= 0.3 is 0 Å². The quantitative estimate of drug-likeness (QED) is 0.468. The van der Waals surface area contributed by atoms with Gasteiger partial charge in [-0.1, -0.05) is 72.4 Å². The second-order valence-corrected chi connectivity index (χ2v) is 7.46. The number of carbonyl (C=O) groups is 1. The van der Waals surface area contributed by atoms with Gasteiger partial charge in [0.15, 0.2) is 5.16 Å². The normalized spacial score (nSPS) is 12.0. The van der Waals surface area contributed by atoms with Gasteiger partial charge in [0.25, 0.3) is 5.91 Å². The van der Waals surface area contributed by atoms with Crippen molar-refractivity contribution in [2.24, 2.45) is 0 Å². The zero-order chi connectivity index (χ0) is 19.3. The molecule has 0 saturated heterocycles. The third kappa shape index (κ3) is 3.92. The number of H-pyrrole nitrogens is 1. The van der Waals surface area contributed by atoms with Gasteiger partial charge in [-0.3, -0.25) is 9.89 Å². The van der Waals surface area contributed by atoms with Crippen molar-refractivity contribution in [3.8, 4) is 0 Å². The number of nitrogens with one attached hydrogen (secondary N) is 2. The van der Waals surface area contributed by atoms with E-state index in [0.717, 1.165) is 21.7 Å². The number of hydrogen-bond acceptors (Lipinski definition) is 4. The molecule has 4 aromatic rings. The standard InChI is InChI=1S/C22H20N4OS/c1-15(18-12-6-9-16-7-2-4-10-19(16)18)25-21(27)20-11-5-3-8-17(20)13-28-22-23-14-24-26-22/h2-12,14-15H,13H2,1H3,(H,25,27)(H,23,24,26). The summed E-state index contributed by atoms with van der Waals surface area (Å²) in [5.41, 5.74) is 2.76. The second-order valence-electron chi connectivity index (χ2n) is 6.50. The summed E-state index contributed by atoms with van der Waals surface area (Å²) in [4.78, 5) is 17.1. The van der Waals surface area contributed by atoms with E-state index in [0.29, 0.717) is 11.3 Å². The number of hydrogen-bond donors (Lipinski definition) is 2. The topological polar surface area (TPSA) is 70.7 Å². The molecule has 1 aromatic heterocycles. The van der Waals surface area contributed by atoms with Crippen molar-refractivity contribution < 1.29 is 4.79 Å². The fourth-order valence-electron chi connectivity index (χ4n) is 3.26. The highest BCUT2D eigenvalue weighted by atomic mass is 32.2. The number of aromatic nitrogens is 3. The minimum atomic E-state index is -0.103. The number of thioether (sulfide) groups is 1. The maximum atomic E-state index is 13.0. The lowest BCUT2D eigenvalue weighted by molar-refractivity contribution is 0.0939. The predicted octanol–water partition coefficient (Wildman–Crippen LogP) is 4.74. The largest absolute Gasteiger partial charge is 0.345 e. The minimum Gasteiger partial charge on any atom is -0.345 e. The van der Waals surface area contributed by atoms with Crippen LogP contribution in [0, 0.1) is 0 Å². The first-order valence-electron chi connectivity index (χ1n) is 9.07. The number of fused-ring (bicyclic) bond motifs is 1. The lowest BCUT2D eigenvalue weighted by Gasteiger charge is -2.18. The lowest BCUT2D eigenvalue weighted by atomic mass is 9.99. The van der Waals surface area contributed by atoms with E-state index in [2.05, 4.69) is 44.8 Å². The van der Waals surface area contributed by atoms with Crippen LogP contribution in [0.25, 0.3) is 10.8 Å². The third-order valence-electron chi connectivity index (χ3n) is 4.66. The fraction of sp³-hybridized carbons (Fsp3) is 0.136. The fourth-order valence-corrected chi connectivity index (χ4v) is 4.04. The van der Waals surface area contributed by atoms with Gasteiger partial charge < -0.3 is 5.32 Å². The molecule has 3 aromatic carbocycles. The van der Waals surface area contributed by atoms with Crippen LogP contribution in [0.15, 0.2) is 78.2 Å². The molecule has 0 aliphatic heterocycles. The van der Waals surface area contributed by atoms with E-state index >= 15 is 0 Å². The minimum absolute atomic E-state index is 0.0748. The van der Waals surface area contributed by atoms with E-state index < -0.39 is 0 Å². The van der Waals surface area contributed by atoms with Gasteiger partial charge in [0.1, 0.15) is 6.33 Å². The molecule has 0 spiro atoms. The Labute approximate surface area is 167 Å². The number of aromatic amines is 1. The first kappa shape index (κ1) is 18.3. The monoisotopic (exact) mass is 388 g/mol. The SMILES string of the molecule is CC(NC(=O)c1ccccc1CSc1ncn[nH]1)c1cccc2ccccc12. The van der Waals surface area contributed by atoms with Crippen LogP contribution in [-0.4, -0.2) is 21.1 Å². The first-order valence-corrected chi connectivity index (χ1v) is 10.1. The Morgan fingerprint density at radius 2 is 1.86 bits per heavy atom. The first-order chi connectivity index (χ1) is 13.7. The third-order valence-corrected chi connectivity index (χ3v) is 5.58. The molecular weight excluding hydrogens is 368 g/mol. The van der Waals surface area contributed by atoms with E-state index in [1.54, 1.807) is 0 Å². The summed E-state index contributed by atoms with van der Waals surface area (Å²) in [7, 11) is 0. The molecule has 2 N–H and O–H groups in total. The van der Waals surface area contributed by atoms with Crippen molar-refractivity contribution >= 4 is 28.4 Å². The summed E-state index contributed by atoms with van der Waals surface area (Å²) >= 11 is 1.52. The molecule has 0 fully saturated rings. The van der Waals surface area contributed by atoms with Gasteiger partial charge in [-0.25, -0.2) is 4.98 Å². The highest BCUT2D eigenvalue weighted by Crippen LogP contribution is 2.25. The molecule has 0 aliphatic rings. The molecule has 0 radical (unpaired) electrons. The molecule has 140 valence electrons. The molecule has 1 heterocycles. The molecule has 6 heteroatoms. The molecule has 0 bridgehead atoms. The zero-order valence-corrected chi connectivity index (χ0v) is 16.2. The molecule has 4 rings (SSSR count). The molecule has 5 nitrogen and oxygen atoms in total. The van der Waals surface area contributed by atoms with Gasteiger partial charge in [0, 0.05) is 11.3 Å². The lowest BCUT2D eigenvalue weighted by Crippen LogP contribution is -2.27. The van der Waals surface area contributed by atoms with Crippen LogP contribution in [0.2, 0.25) is 0 Å². The average Bonchev–Trinajstić information content (AvgIpc) is 3.25. The van der Waals surface area contributed by atoms with Crippen LogP contribution >= 0.6 is 11.8 Å². The molecule has 1 amide bonds. The maximum absolute atomic E-state index is 13.0.